The van der Waals surface area contributed by atoms with Gasteiger partial charge in [-0.25, -0.2) is 9.59 Å². The van der Waals surface area contributed by atoms with Gasteiger partial charge in [0.1, 0.15) is 62.9 Å². The van der Waals surface area contributed by atoms with E-state index < -0.39 is 63.1 Å². The van der Waals surface area contributed by atoms with Gasteiger partial charge in [-0.3, -0.25) is 0 Å². The Labute approximate surface area is 903 Å². The van der Waals surface area contributed by atoms with Crippen molar-refractivity contribution in [3.63, 3.8) is 0 Å². The van der Waals surface area contributed by atoms with Crippen molar-refractivity contribution in [1.29, 1.82) is 0 Å². The van der Waals surface area contributed by atoms with Gasteiger partial charge >= 0.3 is 19.1 Å². The third kappa shape index (κ3) is 27.4. The number of esters is 2. The van der Waals surface area contributed by atoms with Crippen molar-refractivity contribution in [2.75, 3.05) is 14.2 Å². The van der Waals surface area contributed by atoms with Crippen LogP contribution in [0.2, 0.25) is 0 Å². The van der Waals surface area contributed by atoms with Crippen LogP contribution in [0, 0.1) is 0 Å². The molecule has 3 heterocycles. The van der Waals surface area contributed by atoms with Crippen LogP contribution in [0.4, 0.5) is 0 Å². The summed E-state index contributed by atoms with van der Waals surface area (Å²) in [5.74, 6) is 5.37. The Bertz CT molecular complexity index is 6700. The maximum atomic E-state index is 12.1. The van der Waals surface area contributed by atoms with E-state index in [1.165, 1.54) is 36.5 Å². The number of rotatable bonds is 16. The SMILES string of the molecule is Brc1cccc2c1Oc1ccccc1C2(c1ccccc1)c1ccccc1.C.CC(C)(O)C(C)(C)O.CC(C)(O)C(C)(C)O.CC1(C)OB(c2cccc3c2Oc2ccccc2C3(c2ccccc2)c2ccccc2)OC1(C)C.COC(=O)c1ccccc1Br.COC(=O)c1ccccc1Oc1ccccc1Br.OC(c1ccccc1)(c1ccccc1)c1ccccc1Oc1ccccc1Br.Oc1ccccc1Br.[B][B]. The summed E-state index contributed by atoms with van der Waals surface area (Å²) in [5.41, 5.74) is 6.21. The second-order valence-electron chi connectivity index (χ2n) is 36.7. The first kappa shape index (κ1) is 116. The number of carbonyl (C=O) groups is 2. The van der Waals surface area contributed by atoms with E-state index in [-0.39, 0.29) is 19.1 Å². The highest BCUT2D eigenvalue weighted by atomic mass is 79.9. The molecule has 0 bridgehead atoms. The van der Waals surface area contributed by atoms with E-state index in [0.29, 0.717) is 39.7 Å². The fourth-order valence-electron chi connectivity index (χ4n) is 15.6. The molecule has 0 atom stereocenters. The Balaban J connectivity index is 0.000000180. The predicted octanol–water partition coefficient (Wildman–Crippen LogP) is 29.3. The highest BCUT2D eigenvalue weighted by molar-refractivity contribution is 9.11. The highest BCUT2D eigenvalue weighted by Gasteiger charge is 2.55. The van der Waals surface area contributed by atoms with Gasteiger partial charge in [0.05, 0.1) is 82.1 Å². The van der Waals surface area contributed by atoms with Gasteiger partial charge in [0.15, 0.2) is 0 Å². The van der Waals surface area contributed by atoms with Crippen LogP contribution in [-0.4, -0.2) is 113 Å². The molecule has 146 heavy (non-hydrogen) atoms. The fourth-order valence-corrected chi connectivity index (χ4v) is 17.5. The standard InChI is InChI=1S/C31H29BO3.C25H19BrO2.C25H17BrO.C14H11BrO3.C8H7BrO2.C6H5BrO.2C6H14O2.CH4.B2/c1-29(2)30(3,4)35-32(34-29)26-20-13-19-25-28(26)33-27-21-12-11-18-24(27)31(25,22-14-7-5-8-15-22)23-16-9-6-10-17-23;26-22-16-8-10-18-24(22)28-23-17-9-7-15-21(23)25(27,19-11-3-1-4-12-19)20-13-5-2-6-14-20;26-22-16-9-15-21-24(22)27-23-17-8-7-14-20(23)25(21,18-10-3-1-4-11-18)19-12-5-2-6-13-19;1-17-14(16)10-6-2-4-8-12(10)18-13-9-5-3-7-11(13)15;1-11-8(10)6-4-2-3-5-7(6)9;7-5-3-1-2-4-6(5)8;2*1-5(2,7)6(3,4)8;;1-2/h5-21H,1-4H3;1-18,27H;1-17H;2-9H,1H3;2-5H,1H3;1-4,8H;2*7-8H,1-4H3;1H4;. The smallest absolute Gasteiger partial charge is 0.498 e. The van der Waals surface area contributed by atoms with Crippen LogP contribution in [0.25, 0.3) is 0 Å². The molecule has 16 aromatic rings. The number of ether oxygens (including phenoxy) is 6. The minimum absolute atomic E-state index is 0. The van der Waals surface area contributed by atoms with Gasteiger partial charge in [-0.2, -0.15) is 0 Å². The summed E-state index contributed by atoms with van der Waals surface area (Å²) >= 11 is 17.0. The summed E-state index contributed by atoms with van der Waals surface area (Å²) in [6.07, 6.45) is 0. The number of halogens is 5. The lowest BCUT2D eigenvalue weighted by Crippen LogP contribution is -2.44. The summed E-state index contributed by atoms with van der Waals surface area (Å²) in [4.78, 5) is 22.6. The number of benzene rings is 16. The minimum Gasteiger partial charge on any atom is -0.507 e. The van der Waals surface area contributed by atoms with E-state index in [0.717, 1.165) is 84.2 Å². The largest absolute Gasteiger partial charge is 0.507 e. The molecule has 0 unspecified atom stereocenters. The molecule has 1 fully saturated rings. The van der Waals surface area contributed by atoms with Crippen molar-refractivity contribution in [2.24, 2.45) is 0 Å². The van der Waals surface area contributed by atoms with Gasteiger partial charge < -0.3 is 68.4 Å². The van der Waals surface area contributed by atoms with E-state index in [4.69, 9.17) is 58.5 Å². The number of phenols is 1. The van der Waals surface area contributed by atoms with Gasteiger partial charge in [0.25, 0.3) is 0 Å². The summed E-state index contributed by atoms with van der Waals surface area (Å²) in [6.45, 7) is 20.9. The number of aliphatic hydroxyl groups is 5. The molecule has 0 aromatic heterocycles. The first-order valence-corrected chi connectivity index (χ1v) is 50.6. The number of carbonyl (C=O) groups excluding carboxylic acids is 2. The molecule has 16 aromatic carbocycles. The number of phenolic OH excluding ortho intramolecular Hbond substituents is 1. The summed E-state index contributed by atoms with van der Waals surface area (Å²) in [7, 11) is 10.2. The molecule has 0 aliphatic carbocycles. The molecule has 1 saturated heterocycles. The number of methoxy groups -OCH3 is 2. The topological polar surface area (TPSA) is 229 Å². The Morgan fingerprint density at radius 3 is 0.973 bits per heavy atom. The molecule has 0 saturated carbocycles. The first-order valence-electron chi connectivity index (χ1n) is 46.6. The van der Waals surface area contributed by atoms with E-state index in [9.17, 15) is 14.7 Å². The molecule has 19 rings (SSSR count). The summed E-state index contributed by atoms with van der Waals surface area (Å²) in [6, 6.07) is 135. The third-order valence-electron chi connectivity index (χ3n) is 25.4. The third-order valence-corrected chi connectivity index (χ3v) is 28.6. The Morgan fingerprint density at radius 1 is 0.308 bits per heavy atom. The van der Waals surface area contributed by atoms with Gasteiger partial charge in [0, 0.05) is 53.2 Å². The summed E-state index contributed by atoms with van der Waals surface area (Å²) < 4.78 is 51.4. The van der Waals surface area contributed by atoms with E-state index in [2.05, 4.69) is 316 Å². The zero-order valence-corrected chi connectivity index (χ0v) is 91.1. The van der Waals surface area contributed by atoms with Crippen LogP contribution >= 0.6 is 79.6 Å². The molecular weight excluding hydrogens is 2150 g/mol. The number of hydrogen-bond donors (Lipinski definition) is 6. The zero-order chi connectivity index (χ0) is 105. The molecule has 6 N–H and O–H groups in total. The molecule has 16 nitrogen and oxygen atoms in total. The molecule has 24 heteroatoms. The Hall–Kier alpha value is -12.2. The van der Waals surface area contributed by atoms with Crippen molar-refractivity contribution < 1.29 is 78.0 Å². The molecule has 4 radical (unpaired) electrons. The van der Waals surface area contributed by atoms with Crippen molar-refractivity contribution >= 4 is 120 Å². The molecule has 0 amide bonds. The molecule has 3 aliphatic heterocycles. The predicted molar refractivity (Wildman–Crippen MR) is 605 cm³/mol. The minimum atomic E-state index is -1.35. The maximum absolute atomic E-state index is 12.1. The summed E-state index contributed by atoms with van der Waals surface area (Å²) in [5, 5.41) is 57.4. The van der Waals surface area contributed by atoms with Gasteiger partial charge in [0.2, 0.25) is 0 Å². The van der Waals surface area contributed by atoms with Crippen molar-refractivity contribution in [3.05, 3.63) is 507 Å². The van der Waals surface area contributed by atoms with Crippen molar-refractivity contribution in [1.82, 2.24) is 0 Å². The van der Waals surface area contributed by atoms with Crippen LogP contribution in [0.15, 0.2) is 435 Å². The molecule has 3 aliphatic rings. The van der Waals surface area contributed by atoms with Crippen LogP contribution in [-0.2, 0) is 35.2 Å². The van der Waals surface area contributed by atoms with Crippen molar-refractivity contribution in [3.8, 4) is 51.7 Å². The van der Waals surface area contributed by atoms with Crippen LogP contribution < -0.4 is 24.4 Å². The van der Waals surface area contributed by atoms with Gasteiger partial charge in [-0.15, -0.1) is 0 Å². The number of para-hydroxylation sites is 9. The second-order valence-corrected chi connectivity index (χ2v) is 41.0. The van der Waals surface area contributed by atoms with Crippen LogP contribution in [0.3, 0.4) is 0 Å². The van der Waals surface area contributed by atoms with E-state index >= 15 is 0 Å². The van der Waals surface area contributed by atoms with Crippen molar-refractivity contribution in [2.45, 2.75) is 141 Å². The van der Waals surface area contributed by atoms with E-state index in [1.807, 2.05) is 164 Å². The van der Waals surface area contributed by atoms with Gasteiger partial charge in [-0.1, -0.05) is 335 Å². The monoisotopic (exact) mass is 2270 g/mol. The zero-order valence-electron chi connectivity index (χ0n) is 83.1. The number of hydrogen-bond acceptors (Lipinski definition) is 16. The quantitative estimate of drug-likeness (QED) is 0.0300. The maximum Gasteiger partial charge on any atom is 0.498 e. The number of aromatic hydroxyl groups is 1. The molecular formula is C122H120B3Br5O16. The Kier molecular flexibility index (Phi) is 41.1. The number of fused-ring (bicyclic) bond motifs is 4. The molecule has 748 valence electrons. The first-order chi connectivity index (χ1) is 69.1. The van der Waals surface area contributed by atoms with Crippen LogP contribution in [0.1, 0.15) is 172 Å². The van der Waals surface area contributed by atoms with E-state index in [1.54, 1.807) is 116 Å². The lowest BCUT2D eigenvalue weighted by Gasteiger charge is -2.42. The molecule has 0 spiro atoms. The average Bonchev–Trinajstić information content (AvgIpc) is 1.02. The second kappa shape index (κ2) is 51.9. The average molecular weight is 2270 g/mol. The van der Waals surface area contributed by atoms with Gasteiger partial charge in [-0.05, 0) is 281 Å². The lowest BCUT2D eigenvalue weighted by molar-refractivity contribution is -0.107. The highest BCUT2D eigenvalue weighted by Crippen LogP contribution is 2.59. The lowest BCUT2D eigenvalue weighted by atomic mass is 9.62. The fraction of sp³-hybridized carbons (Fsp3) is 0.197. The normalized spacial score (nSPS) is 13.3. The Morgan fingerprint density at radius 2 is 0.596 bits per heavy atom. The van der Waals surface area contributed by atoms with Crippen LogP contribution in [0.5, 0.6) is 51.7 Å².